The van der Waals surface area contributed by atoms with Crippen LogP contribution in [0.2, 0.25) is 0 Å². The molecule has 1 aromatic rings. The molecule has 0 radical (unpaired) electrons. The van der Waals surface area contributed by atoms with Crippen molar-refractivity contribution < 1.29 is 13.9 Å². The molecule has 0 bridgehead atoms. The molecule has 0 unspecified atom stereocenters. The minimum Gasteiger partial charge on any atom is -0.497 e. The second-order valence-corrected chi connectivity index (χ2v) is 7.40. The SMILES string of the molecule is COc1ccc(CN(C)C[C@@H]2CC(=O)N(C(C)(C)C)C2)c(F)c1. The van der Waals surface area contributed by atoms with Crippen molar-refractivity contribution in [1.82, 2.24) is 9.80 Å². The first-order valence-corrected chi connectivity index (χ1v) is 8.02. The third kappa shape index (κ3) is 4.44. The van der Waals surface area contributed by atoms with E-state index in [1.165, 1.54) is 13.2 Å². The van der Waals surface area contributed by atoms with Crippen LogP contribution in [-0.4, -0.2) is 48.5 Å². The monoisotopic (exact) mass is 322 g/mol. The number of hydrogen-bond acceptors (Lipinski definition) is 3. The van der Waals surface area contributed by atoms with E-state index in [1.54, 1.807) is 12.1 Å². The molecular weight excluding hydrogens is 295 g/mol. The predicted octanol–water partition coefficient (Wildman–Crippen LogP) is 2.91. The zero-order valence-corrected chi connectivity index (χ0v) is 14.7. The number of methoxy groups -OCH3 is 1. The van der Waals surface area contributed by atoms with E-state index in [-0.39, 0.29) is 17.3 Å². The van der Waals surface area contributed by atoms with Crippen LogP contribution in [0.1, 0.15) is 32.8 Å². The maximum Gasteiger partial charge on any atom is 0.223 e. The lowest BCUT2D eigenvalue weighted by Gasteiger charge is -2.32. The van der Waals surface area contributed by atoms with Gasteiger partial charge < -0.3 is 14.5 Å². The molecule has 2 rings (SSSR count). The van der Waals surface area contributed by atoms with Crippen LogP contribution in [-0.2, 0) is 11.3 Å². The normalized spacial score (nSPS) is 18.8. The third-order valence-electron chi connectivity index (χ3n) is 4.29. The Morgan fingerprint density at radius 3 is 2.61 bits per heavy atom. The number of likely N-dealkylation sites (tertiary alicyclic amines) is 1. The van der Waals surface area contributed by atoms with Gasteiger partial charge in [0.15, 0.2) is 0 Å². The average Bonchev–Trinajstić information content (AvgIpc) is 2.81. The second kappa shape index (κ2) is 6.87. The molecule has 1 heterocycles. The smallest absolute Gasteiger partial charge is 0.223 e. The lowest BCUT2D eigenvalue weighted by atomic mass is 10.1. The van der Waals surface area contributed by atoms with Gasteiger partial charge in [0, 0.05) is 43.2 Å². The molecule has 1 aliphatic heterocycles. The Kier molecular flexibility index (Phi) is 5.30. The van der Waals surface area contributed by atoms with E-state index in [0.717, 1.165) is 13.1 Å². The van der Waals surface area contributed by atoms with Crippen LogP contribution in [0.3, 0.4) is 0 Å². The summed E-state index contributed by atoms with van der Waals surface area (Å²) in [5.41, 5.74) is 0.511. The molecule has 1 aliphatic rings. The maximum absolute atomic E-state index is 14.0. The minimum atomic E-state index is -0.255. The summed E-state index contributed by atoms with van der Waals surface area (Å²) in [4.78, 5) is 16.2. The van der Waals surface area contributed by atoms with Crippen LogP contribution in [0.4, 0.5) is 4.39 Å². The van der Waals surface area contributed by atoms with Gasteiger partial charge in [0.25, 0.3) is 0 Å². The first-order chi connectivity index (χ1) is 10.7. The summed E-state index contributed by atoms with van der Waals surface area (Å²) in [5.74, 6) is 0.783. The first kappa shape index (κ1) is 17.7. The van der Waals surface area contributed by atoms with Crippen molar-refractivity contribution in [2.75, 3.05) is 27.2 Å². The van der Waals surface area contributed by atoms with Gasteiger partial charge in [0.1, 0.15) is 11.6 Å². The Labute approximate surface area is 138 Å². The van der Waals surface area contributed by atoms with Crippen molar-refractivity contribution in [3.05, 3.63) is 29.6 Å². The molecule has 1 amide bonds. The van der Waals surface area contributed by atoms with Crippen molar-refractivity contribution in [3.63, 3.8) is 0 Å². The number of hydrogen-bond donors (Lipinski definition) is 0. The molecule has 1 fully saturated rings. The molecule has 128 valence electrons. The third-order valence-corrected chi connectivity index (χ3v) is 4.29. The lowest BCUT2D eigenvalue weighted by Crippen LogP contribution is -2.42. The highest BCUT2D eigenvalue weighted by Gasteiger charge is 2.36. The van der Waals surface area contributed by atoms with Gasteiger partial charge in [-0.15, -0.1) is 0 Å². The van der Waals surface area contributed by atoms with Gasteiger partial charge in [-0.3, -0.25) is 4.79 Å². The highest BCUT2D eigenvalue weighted by molar-refractivity contribution is 5.79. The molecule has 4 nitrogen and oxygen atoms in total. The molecule has 23 heavy (non-hydrogen) atoms. The average molecular weight is 322 g/mol. The number of amides is 1. The molecular formula is C18H27FN2O2. The Balaban J connectivity index is 1.93. The van der Waals surface area contributed by atoms with Crippen LogP contribution in [0, 0.1) is 11.7 Å². The molecule has 0 saturated carbocycles. The van der Waals surface area contributed by atoms with Crippen LogP contribution >= 0.6 is 0 Å². The number of rotatable bonds is 5. The Morgan fingerprint density at radius 1 is 1.39 bits per heavy atom. The zero-order chi connectivity index (χ0) is 17.2. The molecule has 0 aromatic heterocycles. The van der Waals surface area contributed by atoms with Gasteiger partial charge >= 0.3 is 0 Å². The Bertz CT molecular complexity index is 569. The number of nitrogens with zero attached hydrogens (tertiary/aromatic N) is 2. The summed E-state index contributed by atoms with van der Waals surface area (Å²) >= 11 is 0. The number of carbonyl (C=O) groups excluding carboxylic acids is 1. The van der Waals surface area contributed by atoms with E-state index >= 15 is 0 Å². The molecule has 1 aromatic carbocycles. The first-order valence-electron chi connectivity index (χ1n) is 8.02. The fourth-order valence-electron chi connectivity index (χ4n) is 3.13. The topological polar surface area (TPSA) is 32.8 Å². The van der Waals surface area contributed by atoms with Crippen molar-refractivity contribution in [3.8, 4) is 5.75 Å². The minimum absolute atomic E-state index is 0.132. The standard InChI is InChI=1S/C18H27FN2O2/c1-18(2,3)21-11-13(8-17(21)22)10-20(4)12-14-6-7-15(23-5)9-16(14)19/h6-7,9,13H,8,10-12H2,1-5H3/t13-/m0/s1. The van der Waals surface area contributed by atoms with Crippen LogP contribution in [0.5, 0.6) is 5.75 Å². The Morgan fingerprint density at radius 2 is 2.09 bits per heavy atom. The fraction of sp³-hybridized carbons (Fsp3) is 0.611. The van der Waals surface area contributed by atoms with Gasteiger partial charge in [-0.25, -0.2) is 4.39 Å². The fourth-order valence-corrected chi connectivity index (χ4v) is 3.13. The van der Waals surface area contributed by atoms with E-state index in [9.17, 15) is 9.18 Å². The quantitative estimate of drug-likeness (QED) is 0.835. The molecule has 1 saturated heterocycles. The molecule has 0 N–H and O–H groups in total. The summed E-state index contributed by atoms with van der Waals surface area (Å²) in [6.45, 7) is 8.26. The van der Waals surface area contributed by atoms with Crippen molar-refractivity contribution in [2.24, 2.45) is 5.92 Å². The molecule has 1 atom stereocenters. The van der Waals surface area contributed by atoms with Crippen molar-refractivity contribution in [1.29, 1.82) is 0 Å². The van der Waals surface area contributed by atoms with Gasteiger partial charge in [-0.1, -0.05) is 6.07 Å². The molecule has 5 heteroatoms. The van der Waals surface area contributed by atoms with Gasteiger partial charge in [0.2, 0.25) is 5.91 Å². The van der Waals surface area contributed by atoms with Crippen LogP contribution in [0.15, 0.2) is 18.2 Å². The Hall–Kier alpha value is -1.62. The number of carbonyl (C=O) groups is 1. The summed E-state index contributed by atoms with van der Waals surface area (Å²) in [6, 6.07) is 4.93. The predicted molar refractivity (Wildman–Crippen MR) is 88.9 cm³/mol. The van der Waals surface area contributed by atoms with Crippen molar-refractivity contribution >= 4 is 5.91 Å². The highest BCUT2D eigenvalue weighted by Crippen LogP contribution is 2.26. The molecule has 0 spiro atoms. The number of ether oxygens (including phenoxy) is 1. The van der Waals surface area contributed by atoms with E-state index < -0.39 is 0 Å². The largest absolute Gasteiger partial charge is 0.497 e. The van der Waals surface area contributed by atoms with Gasteiger partial charge in [-0.05, 0) is 39.8 Å². The van der Waals surface area contributed by atoms with Gasteiger partial charge in [0.05, 0.1) is 7.11 Å². The summed E-state index contributed by atoms with van der Waals surface area (Å²) < 4.78 is 19.0. The summed E-state index contributed by atoms with van der Waals surface area (Å²) in [7, 11) is 3.49. The maximum atomic E-state index is 14.0. The second-order valence-electron chi connectivity index (χ2n) is 7.40. The van der Waals surface area contributed by atoms with Crippen molar-refractivity contribution in [2.45, 2.75) is 39.3 Å². The van der Waals surface area contributed by atoms with Gasteiger partial charge in [-0.2, -0.15) is 0 Å². The van der Waals surface area contributed by atoms with E-state index in [2.05, 4.69) is 25.7 Å². The summed E-state index contributed by atoms with van der Waals surface area (Å²) in [5, 5.41) is 0. The lowest BCUT2D eigenvalue weighted by molar-refractivity contribution is -0.131. The summed E-state index contributed by atoms with van der Waals surface area (Å²) in [6.07, 6.45) is 0.576. The van der Waals surface area contributed by atoms with E-state index in [4.69, 9.17) is 4.74 Å². The van der Waals surface area contributed by atoms with E-state index in [0.29, 0.717) is 30.2 Å². The molecule has 0 aliphatic carbocycles. The van der Waals surface area contributed by atoms with Crippen LogP contribution < -0.4 is 4.74 Å². The number of halogens is 1. The highest BCUT2D eigenvalue weighted by atomic mass is 19.1. The number of benzene rings is 1. The zero-order valence-electron chi connectivity index (χ0n) is 14.7. The van der Waals surface area contributed by atoms with Crippen LogP contribution in [0.25, 0.3) is 0 Å². The van der Waals surface area contributed by atoms with E-state index in [1.807, 2.05) is 11.9 Å².